The molecule has 5 rings (SSSR count). The van der Waals surface area contributed by atoms with Crippen LogP contribution in [0.3, 0.4) is 0 Å². The predicted octanol–water partition coefficient (Wildman–Crippen LogP) is 4.41. The fraction of sp³-hybridized carbons (Fsp3) is 0. The molecule has 126 valence electrons. The number of nitrogens with one attached hydrogen (secondary N) is 1. The normalized spacial score (nSPS) is 10.8. The summed E-state index contributed by atoms with van der Waals surface area (Å²) in [6.45, 7) is 0. The van der Waals surface area contributed by atoms with Crippen molar-refractivity contribution in [3.05, 3.63) is 95.5 Å². The van der Waals surface area contributed by atoms with Gasteiger partial charge < -0.3 is 0 Å². The van der Waals surface area contributed by atoms with Gasteiger partial charge in [-0.2, -0.15) is 0 Å². The molecule has 27 heavy (non-hydrogen) atoms. The lowest BCUT2D eigenvalue weighted by Crippen LogP contribution is -2.02. The van der Waals surface area contributed by atoms with E-state index >= 15 is 0 Å². The van der Waals surface area contributed by atoms with E-state index in [2.05, 4.69) is 28.3 Å². The summed E-state index contributed by atoms with van der Waals surface area (Å²) in [4.78, 5) is 24.1. The topological polar surface area (TPSA) is 58.6 Å². The molecule has 0 saturated carbocycles. The first-order valence-electron chi connectivity index (χ1n) is 8.55. The molecule has 4 heteroatoms. The SMILES string of the molecule is O=c1c#c[nH]c2nc(-c3ccccc3)c(-c3ccc4cnccc4c3)cc12. The molecular formula is C23H13N3O. The van der Waals surface area contributed by atoms with Crippen molar-refractivity contribution in [1.82, 2.24) is 15.0 Å². The van der Waals surface area contributed by atoms with Crippen LogP contribution in [-0.2, 0) is 0 Å². The average Bonchev–Trinajstić information content (AvgIpc) is 2.73. The average molecular weight is 347 g/mol. The maximum absolute atomic E-state index is 12.3. The molecule has 2 aromatic carbocycles. The Morgan fingerprint density at radius 1 is 0.889 bits per heavy atom. The van der Waals surface area contributed by atoms with Gasteiger partial charge in [0, 0.05) is 41.2 Å². The molecule has 0 radical (unpaired) electrons. The number of rotatable bonds is 2. The molecule has 0 amide bonds. The Morgan fingerprint density at radius 2 is 1.78 bits per heavy atom. The lowest BCUT2D eigenvalue weighted by Gasteiger charge is -2.11. The van der Waals surface area contributed by atoms with Gasteiger partial charge in [-0.05, 0) is 29.1 Å². The van der Waals surface area contributed by atoms with E-state index in [1.165, 1.54) is 0 Å². The second-order valence-electron chi connectivity index (χ2n) is 6.29. The van der Waals surface area contributed by atoms with Crippen LogP contribution in [0.5, 0.6) is 0 Å². The summed E-state index contributed by atoms with van der Waals surface area (Å²) in [5, 5.41) is 2.65. The first kappa shape index (κ1) is 15.3. The maximum atomic E-state index is 12.3. The third-order valence-corrected chi connectivity index (χ3v) is 4.62. The zero-order chi connectivity index (χ0) is 18.2. The number of H-pyrrole nitrogens is 1. The van der Waals surface area contributed by atoms with Crippen LogP contribution in [0.25, 0.3) is 44.2 Å². The quantitative estimate of drug-likeness (QED) is 0.515. The second-order valence-corrected chi connectivity index (χ2v) is 6.29. The van der Waals surface area contributed by atoms with Crippen LogP contribution in [-0.4, -0.2) is 15.0 Å². The zero-order valence-corrected chi connectivity index (χ0v) is 14.2. The maximum Gasteiger partial charge on any atom is 0.241 e. The Labute approximate surface area is 155 Å². The summed E-state index contributed by atoms with van der Waals surface area (Å²) in [6.07, 6.45) is 6.25. The lowest BCUT2D eigenvalue weighted by atomic mass is 9.96. The number of hydrogen-bond donors (Lipinski definition) is 1. The molecule has 0 unspecified atom stereocenters. The first-order chi connectivity index (χ1) is 13.3. The van der Waals surface area contributed by atoms with Gasteiger partial charge in [0.25, 0.3) is 0 Å². The molecule has 0 atom stereocenters. The van der Waals surface area contributed by atoms with Crippen molar-refractivity contribution in [2.24, 2.45) is 0 Å². The van der Waals surface area contributed by atoms with E-state index in [0.717, 1.165) is 33.2 Å². The Morgan fingerprint density at radius 3 is 2.67 bits per heavy atom. The summed E-state index contributed by atoms with van der Waals surface area (Å²) in [7, 11) is 0. The molecule has 3 heterocycles. The van der Waals surface area contributed by atoms with E-state index in [4.69, 9.17) is 4.98 Å². The van der Waals surface area contributed by atoms with Crippen molar-refractivity contribution in [1.29, 1.82) is 0 Å². The van der Waals surface area contributed by atoms with Crippen LogP contribution in [0, 0.1) is 12.3 Å². The van der Waals surface area contributed by atoms with Crippen molar-refractivity contribution in [2.45, 2.75) is 0 Å². The van der Waals surface area contributed by atoms with E-state index < -0.39 is 0 Å². The van der Waals surface area contributed by atoms with Crippen molar-refractivity contribution in [2.75, 3.05) is 0 Å². The van der Waals surface area contributed by atoms with Crippen molar-refractivity contribution in [3.63, 3.8) is 0 Å². The fourth-order valence-corrected chi connectivity index (χ4v) is 3.28. The first-order valence-corrected chi connectivity index (χ1v) is 8.55. The van der Waals surface area contributed by atoms with E-state index in [0.29, 0.717) is 11.0 Å². The molecule has 0 fully saturated rings. The highest BCUT2D eigenvalue weighted by molar-refractivity contribution is 5.93. The predicted molar refractivity (Wildman–Crippen MR) is 106 cm³/mol. The van der Waals surface area contributed by atoms with Crippen LogP contribution in [0.15, 0.2) is 77.9 Å². The summed E-state index contributed by atoms with van der Waals surface area (Å²) < 4.78 is 0. The zero-order valence-electron chi connectivity index (χ0n) is 14.2. The molecule has 4 nitrogen and oxygen atoms in total. The largest absolute Gasteiger partial charge is 0.298 e. The molecule has 0 saturated heterocycles. The minimum Gasteiger partial charge on any atom is -0.298 e. The second kappa shape index (κ2) is 6.08. The fourth-order valence-electron chi connectivity index (χ4n) is 3.28. The minimum absolute atomic E-state index is 0.220. The Hall–Kier alpha value is -3.97. The third-order valence-electron chi connectivity index (χ3n) is 4.62. The lowest BCUT2D eigenvalue weighted by molar-refractivity contribution is 1.29. The van der Waals surface area contributed by atoms with Crippen LogP contribution in [0.4, 0.5) is 0 Å². The van der Waals surface area contributed by atoms with Crippen molar-refractivity contribution in [3.8, 4) is 22.4 Å². The summed E-state index contributed by atoms with van der Waals surface area (Å²) in [5.74, 6) is 0. The summed E-state index contributed by atoms with van der Waals surface area (Å²) >= 11 is 0. The number of pyridine rings is 2. The Kier molecular flexibility index (Phi) is 3.44. The highest BCUT2D eigenvalue weighted by Crippen LogP contribution is 2.33. The number of nitrogens with zero attached hydrogens (tertiary/aromatic N) is 2. The monoisotopic (exact) mass is 347 g/mol. The Balaban J connectivity index is 1.85. The van der Waals surface area contributed by atoms with E-state index in [1.807, 2.05) is 60.8 Å². The van der Waals surface area contributed by atoms with Gasteiger partial charge in [0.1, 0.15) is 5.65 Å². The molecule has 3 aromatic heterocycles. The molecular weight excluding hydrogens is 334 g/mol. The Bertz CT molecular complexity index is 1340. The molecule has 0 aliphatic rings. The van der Waals surface area contributed by atoms with Gasteiger partial charge in [-0.1, -0.05) is 42.5 Å². The highest BCUT2D eigenvalue weighted by Gasteiger charge is 2.13. The summed E-state index contributed by atoms with van der Waals surface area (Å²) in [6, 6.07) is 22.5. The molecule has 5 aromatic rings. The van der Waals surface area contributed by atoms with Crippen molar-refractivity contribution >= 4 is 21.8 Å². The number of aromatic amines is 1. The van der Waals surface area contributed by atoms with Gasteiger partial charge in [0.2, 0.25) is 5.43 Å². The minimum atomic E-state index is -0.220. The number of fused-ring (bicyclic) bond motifs is 2. The molecule has 0 bridgehead atoms. The van der Waals surface area contributed by atoms with Crippen molar-refractivity contribution < 1.29 is 0 Å². The third kappa shape index (κ3) is 2.62. The van der Waals surface area contributed by atoms with Crippen LogP contribution < -0.4 is 5.43 Å². The van der Waals surface area contributed by atoms with Gasteiger partial charge >= 0.3 is 0 Å². The molecule has 0 spiro atoms. The van der Waals surface area contributed by atoms with Gasteiger partial charge in [-0.25, -0.2) is 4.98 Å². The molecule has 1 N–H and O–H groups in total. The van der Waals surface area contributed by atoms with Crippen LogP contribution >= 0.6 is 0 Å². The number of aromatic nitrogens is 3. The van der Waals surface area contributed by atoms with E-state index in [1.54, 1.807) is 6.20 Å². The summed E-state index contributed by atoms with van der Waals surface area (Å²) in [5.41, 5.74) is 3.98. The van der Waals surface area contributed by atoms with Gasteiger partial charge in [0.15, 0.2) is 0 Å². The van der Waals surface area contributed by atoms with E-state index in [-0.39, 0.29) is 5.43 Å². The number of benzene rings is 2. The van der Waals surface area contributed by atoms with Gasteiger partial charge in [-0.3, -0.25) is 14.8 Å². The van der Waals surface area contributed by atoms with E-state index in [9.17, 15) is 4.79 Å². The molecule has 0 aliphatic carbocycles. The highest BCUT2D eigenvalue weighted by atomic mass is 16.1. The van der Waals surface area contributed by atoms with Gasteiger partial charge in [-0.15, -0.1) is 0 Å². The smallest absolute Gasteiger partial charge is 0.241 e. The van der Waals surface area contributed by atoms with Crippen LogP contribution in [0.1, 0.15) is 0 Å². The molecule has 0 aliphatic heterocycles. The van der Waals surface area contributed by atoms with Crippen LogP contribution in [0.2, 0.25) is 0 Å². The number of hydrogen-bond acceptors (Lipinski definition) is 3. The van der Waals surface area contributed by atoms with Gasteiger partial charge in [0.05, 0.1) is 11.1 Å². The standard InChI is InChI=1S/C23H13N3O/c27-21-9-11-25-23-20(21)13-19(22(26-23)15-4-2-1-3-5-15)17-6-7-18-14-24-10-8-16(18)12-17/h1-8,10,12-14H,(H,25,26).